The smallest absolute Gasteiger partial charge is 0.142 e. The number of halogens is 2. The van der Waals surface area contributed by atoms with E-state index >= 15 is 0 Å². The normalized spacial score (nSPS) is 12.4. The van der Waals surface area contributed by atoms with Gasteiger partial charge in [0.15, 0.2) is 0 Å². The average Bonchev–Trinajstić information content (AvgIpc) is 2.41. The number of hydrogen-bond acceptors (Lipinski definition) is 2. The first kappa shape index (κ1) is 13.0. The maximum absolute atomic E-state index is 13.3. The second-order valence-corrected chi connectivity index (χ2v) is 4.47. The predicted octanol–water partition coefficient (Wildman–Crippen LogP) is 3.72. The molecule has 2 aromatic rings. The van der Waals surface area contributed by atoms with Crippen LogP contribution in [0.4, 0.5) is 4.39 Å². The van der Waals surface area contributed by atoms with Gasteiger partial charge in [-0.1, -0.05) is 23.7 Å². The van der Waals surface area contributed by atoms with Gasteiger partial charge in [0, 0.05) is 25.0 Å². The van der Waals surface area contributed by atoms with Gasteiger partial charge in [-0.2, -0.15) is 0 Å². The average molecular weight is 265 g/mol. The van der Waals surface area contributed by atoms with Crippen LogP contribution in [-0.4, -0.2) is 4.98 Å². The van der Waals surface area contributed by atoms with Gasteiger partial charge < -0.3 is 5.32 Å². The molecular formula is C14H14ClFN2. The molecule has 1 atom stereocenters. The highest BCUT2D eigenvalue weighted by Crippen LogP contribution is 2.20. The first-order valence-electron chi connectivity index (χ1n) is 5.74. The monoisotopic (exact) mass is 264 g/mol. The summed E-state index contributed by atoms with van der Waals surface area (Å²) in [6.45, 7) is 2.57. The van der Waals surface area contributed by atoms with Crippen LogP contribution >= 0.6 is 11.6 Å². The van der Waals surface area contributed by atoms with Crippen molar-refractivity contribution in [2.45, 2.75) is 19.5 Å². The van der Waals surface area contributed by atoms with E-state index in [2.05, 4.69) is 10.3 Å². The highest BCUT2D eigenvalue weighted by molar-refractivity contribution is 6.31. The van der Waals surface area contributed by atoms with Crippen molar-refractivity contribution < 1.29 is 4.39 Å². The van der Waals surface area contributed by atoms with Crippen LogP contribution in [0.15, 0.2) is 42.7 Å². The van der Waals surface area contributed by atoms with Crippen LogP contribution in [0.2, 0.25) is 5.02 Å². The summed E-state index contributed by atoms with van der Waals surface area (Å²) < 4.78 is 13.3. The Kier molecular flexibility index (Phi) is 4.28. The van der Waals surface area contributed by atoms with E-state index < -0.39 is 0 Å². The molecule has 1 unspecified atom stereocenters. The highest BCUT2D eigenvalue weighted by Gasteiger charge is 2.08. The van der Waals surface area contributed by atoms with Crippen LogP contribution in [0, 0.1) is 5.82 Å². The molecule has 0 fully saturated rings. The first-order valence-corrected chi connectivity index (χ1v) is 6.12. The molecule has 1 aromatic carbocycles. The summed E-state index contributed by atoms with van der Waals surface area (Å²) in [5, 5.41) is 3.49. The molecule has 2 rings (SSSR count). The predicted molar refractivity (Wildman–Crippen MR) is 70.9 cm³/mol. The van der Waals surface area contributed by atoms with Crippen LogP contribution in [-0.2, 0) is 6.54 Å². The van der Waals surface area contributed by atoms with Crippen LogP contribution in [0.5, 0.6) is 0 Å². The second-order valence-electron chi connectivity index (χ2n) is 4.10. The van der Waals surface area contributed by atoms with Crippen molar-refractivity contribution in [3.05, 3.63) is 64.7 Å². The molecule has 1 aromatic heterocycles. The largest absolute Gasteiger partial charge is 0.306 e. The zero-order valence-corrected chi connectivity index (χ0v) is 10.8. The Hall–Kier alpha value is -1.45. The van der Waals surface area contributed by atoms with E-state index in [-0.39, 0.29) is 16.9 Å². The summed E-state index contributed by atoms with van der Waals surface area (Å²) in [7, 11) is 0. The molecule has 0 saturated carbocycles. The fourth-order valence-electron chi connectivity index (χ4n) is 1.72. The fraction of sp³-hybridized carbons (Fsp3) is 0.214. The molecule has 0 aliphatic heterocycles. The Balaban J connectivity index is 2.02. The van der Waals surface area contributed by atoms with Crippen LogP contribution in [0.3, 0.4) is 0 Å². The van der Waals surface area contributed by atoms with Crippen molar-refractivity contribution in [1.29, 1.82) is 0 Å². The lowest BCUT2D eigenvalue weighted by Crippen LogP contribution is -2.18. The SMILES string of the molecule is CC(NCc1cccc(F)c1Cl)c1ccncc1. The molecule has 18 heavy (non-hydrogen) atoms. The number of aromatic nitrogens is 1. The van der Waals surface area contributed by atoms with Gasteiger partial charge in [-0.15, -0.1) is 0 Å². The number of pyridine rings is 1. The molecule has 0 bridgehead atoms. The van der Waals surface area contributed by atoms with E-state index in [1.807, 2.05) is 25.1 Å². The summed E-state index contributed by atoms with van der Waals surface area (Å²) in [5.74, 6) is -0.382. The minimum Gasteiger partial charge on any atom is -0.306 e. The third-order valence-electron chi connectivity index (χ3n) is 2.84. The van der Waals surface area contributed by atoms with Gasteiger partial charge in [0.2, 0.25) is 0 Å². The van der Waals surface area contributed by atoms with Crippen molar-refractivity contribution in [2.24, 2.45) is 0 Å². The topological polar surface area (TPSA) is 24.9 Å². The lowest BCUT2D eigenvalue weighted by atomic mass is 10.1. The molecular weight excluding hydrogens is 251 g/mol. The molecule has 0 saturated heterocycles. The molecule has 2 nitrogen and oxygen atoms in total. The van der Waals surface area contributed by atoms with E-state index in [1.54, 1.807) is 18.5 Å². The maximum Gasteiger partial charge on any atom is 0.142 e. The lowest BCUT2D eigenvalue weighted by molar-refractivity contribution is 0.569. The molecule has 0 radical (unpaired) electrons. The lowest BCUT2D eigenvalue weighted by Gasteiger charge is -2.14. The molecule has 94 valence electrons. The molecule has 1 N–H and O–H groups in total. The number of hydrogen-bond donors (Lipinski definition) is 1. The first-order chi connectivity index (χ1) is 8.68. The quantitative estimate of drug-likeness (QED) is 0.910. The fourth-order valence-corrected chi connectivity index (χ4v) is 1.91. The van der Waals surface area contributed by atoms with Crippen LogP contribution < -0.4 is 5.32 Å². The van der Waals surface area contributed by atoms with Crippen molar-refractivity contribution in [3.8, 4) is 0 Å². The summed E-state index contributed by atoms with van der Waals surface area (Å²) in [6.07, 6.45) is 3.51. The van der Waals surface area contributed by atoms with E-state index in [9.17, 15) is 4.39 Å². The standard InChI is InChI=1S/C14H14ClFN2/c1-10(11-5-7-17-8-6-11)18-9-12-3-2-4-13(16)14(12)15/h2-8,10,18H,9H2,1H3. The molecule has 0 amide bonds. The Morgan fingerprint density at radius 3 is 2.72 bits per heavy atom. The van der Waals surface area contributed by atoms with Crippen molar-refractivity contribution in [2.75, 3.05) is 0 Å². The molecule has 0 aliphatic carbocycles. The van der Waals surface area contributed by atoms with Gasteiger partial charge in [-0.25, -0.2) is 4.39 Å². The molecule has 0 spiro atoms. The Morgan fingerprint density at radius 2 is 2.00 bits per heavy atom. The van der Waals surface area contributed by atoms with Crippen molar-refractivity contribution >= 4 is 11.6 Å². The van der Waals surface area contributed by atoms with Gasteiger partial charge in [-0.05, 0) is 36.2 Å². The third kappa shape index (κ3) is 3.06. The second kappa shape index (κ2) is 5.94. The third-order valence-corrected chi connectivity index (χ3v) is 3.26. The minimum absolute atomic E-state index is 0.160. The summed E-state index contributed by atoms with van der Waals surface area (Å²) >= 11 is 5.90. The number of nitrogens with one attached hydrogen (secondary N) is 1. The number of rotatable bonds is 4. The Morgan fingerprint density at radius 1 is 1.28 bits per heavy atom. The summed E-state index contributed by atoms with van der Waals surface area (Å²) in [4.78, 5) is 3.97. The Labute approximate surface area is 111 Å². The Bertz CT molecular complexity index is 516. The van der Waals surface area contributed by atoms with Gasteiger partial charge >= 0.3 is 0 Å². The summed E-state index contributed by atoms with van der Waals surface area (Å²) in [5.41, 5.74) is 1.90. The molecule has 0 aliphatic rings. The van der Waals surface area contributed by atoms with E-state index in [4.69, 9.17) is 11.6 Å². The van der Waals surface area contributed by atoms with Gasteiger partial charge in [0.05, 0.1) is 5.02 Å². The van der Waals surface area contributed by atoms with E-state index in [1.165, 1.54) is 6.07 Å². The van der Waals surface area contributed by atoms with Crippen LogP contribution in [0.25, 0.3) is 0 Å². The van der Waals surface area contributed by atoms with Crippen molar-refractivity contribution in [3.63, 3.8) is 0 Å². The van der Waals surface area contributed by atoms with Gasteiger partial charge in [0.1, 0.15) is 5.82 Å². The minimum atomic E-state index is -0.382. The zero-order valence-electron chi connectivity index (χ0n) is 10.0. The van der Waals surface area contributed by atoms with Crippen LogP contribution in [0.1, 0.15) is 24.1 Å². The van der Waals surface area contributed by atoms with Gasteiger partial charge in [0.25, 0.3) is 0 Å². The zero-order chi connectivity index (χ0) is 13.0. The molecule has 4 heteroatoms. The summed E-state index contributed by atoms with van der Waals surface area (Å²) in [6, 6.07) is 8.90. The highest BCUT2D eigenvalue weighted by atomic mass is 35.5. The van der Waals surface area contributed by atoms with Crippen molar-refractivity contribution in [1.82, 2.24) is 10.3 Å². The van der Waals surface area contributed by atoms with E-state index in [0.29, 0.717) is 6.54 Å². The van der Waals surface area contributed by atoms with E-state index in [0.717, 1.165) is 11.1 Å². The number of benzene rings is 1. The maximum atomic E-state index is 13.3. The number of nitrogens with zero attached hydrogens (tertiary/aromatic N) is 1. The van der Waals surface area contributed by atoms with Gasteiger partial charge in [-0.3, -0.25) is 4.98 Å². The molecule has 1 heterocycles.